The van der Waals surface area contributed by atoms with Crippen molar-refractivity contribution >= 4 is 16.7 Å². The molecule has 14 heteroatoms. The van der Waals surface area contributed by atoms with Gasteiger partial charge in [-0.05, 0) is 8.07 Å². The fraction of sp³-hybridized carbons (Fsp3) is 0.176. The Kier molecular flexibility index (Phi) is 328. The zero-order chi connectivity index (χ0) is 25.6. The van der Waals surface area contributed by atoms with E-state index in [1.807, 2.05) is 0 Å². The normalized spacial score (nSPS) is 7.19. The third-order valence-corrected chi connectivity index (χ3v) is 6.82. The molecule has 1 atom stereocenters. The molecule has 1 rings (SSSR count). The van der Waals surface area contributed by atoms with Crippen molar-refractivity contribution in [2.24, 2.45) is 0 Å². The Balaban J connectivity index is -0.0000000149. The van der Waals surface area contributed by atoms with Crippen LogP contribution in [0.15, 0.2) is 24.0 Å². The van der Waals surface area contributed by atoms with Gasteiger partial charge in [-0.2, -0.15) is 13.9 Å². The molecule has 1 radical (unpaired) electrons. The van der Waals surface area contributed by atoms with E-state index in [-0.39, 0.29) is 59.4 Å². The molecule has 0 saturated heterocycles. The van der Waals surface area contributed by atoms with E-state index >= 15 is 0 Å². The standard InChI is InChI=1S/C8H14PSi.9CO.3Os/c1-10(2,3)8-6-4-5-7-9-8;9*1-2;;;/h4-7,9H,1-3H3;;;;;;;;;;;;/q-1;;;;;;;;;;;;+1. The smallest absolute Gasteiger partial charge is 0 e. The molecule has 0 aromatic carbocycles. The summed E-state index contributed by atoms with van der Waals surface area (Å²) < 4.78 is 67.5. The van der Waals surface area contributed by atoms with Gasteiger partial charge in [-0.25, -0.2) is 12.2 Å². The molecule has 1 heterocycles. The maximum absolute atomic E-state index is 7.50. The second-order valence-corrected chi connectivity index (χ2v) is 10.2. The molecule has 0 N–H and O–H groups in total. The molecule has 1 aliphatic heterocycles. The summed E-state index contributed by atoms with van der Waals surface area (Å²) in [6.07, 6.45) is 6.59. The largest absolute Gasteiger partial charge is 1.00 e. The van der Waals surface area contributed by atoms with Crippen molar-refractivity contribution in [2.75, 3.05) is 0 Å². The summed E-state index contributed by atoms with van der Waals surface area (Å²) in [5.41, 5.74) is 0. The fourth-order valence-electron chi connectivity index (χ4n) is 0.860. The van der Waals surface area contributed by atoms with Gasteiger partial charge < -0.3 is 0 Å². The third-order valence-electron chi connectivity index (χ3n) is 1.52. The molecule has 31 heavy (non-hydrogen) atoms. The van der Waals surface area contributed by atoms with E-state index in [0.29, 0.717) is 0 Å². The average molecular weight is 992 g/mol. The second kappa shape index (κ2) is 131. The number of allylic oxidation sites excluding steroid dienone is 3. The van der Waals surface area contributed by atoms with E-state index in [1.165, 1.54) is 0 Å². The predicted octanol–water partition coefficient (Wildman–Crippen LogP) is 2.81. The molecular formula is C17H14O9Os3PSi. The van der Waals surface area contributed by atoms with Gasteiger partial charge in [0, 0.05) is 39.6 Å². The first-order chi connectivity index (χ1) is 13.6. The van der Waals surface area contributed by atoms with Gasteiger partial charge in [0.2, 0.25) is 0 Å². The fourth-order valence-corrected chi connectivity index (χ4v) is 4.02. The Labute approximate surface area is 225 Å². The molecular weight excluding hydrogens is 978 g/mol. The zero-order valence-corrected chi connectivity index (χ0v) is 25.7. The Morgan fingerprint density at radius 2 is 0.774 bits per heavy atom. The van der Waals surface area contributed by atoms with Gasteiger partial charge in [-0.1, -0.05) is 25.5 Å². The van der Waals surface area contributed by atoms with Crippen molar-refractivity contribution in [3.63, 3.8) is 0 Å². The van der Waals surface area contributed by atoms with Crippen molar-refractivity contribution in [3.8, 4) is 0 Å². The van der Waals surface area contributed by atoms with Crippen LogP contribution in [0.1, 0.15) is 0 Å². The van der Waals surface area contributed by atoms with Gasteiger partial charge in [0.15, 0.2) is 0 Å². The molecule has 9 nitrogen and oxygen atoms in total. The molecule has 0 amide bonds. The minimum absolute atomic E-state index is 0. The van der Waals surface area contributed by atoms with Crippen LogP contribution in [-0.4, -0.2) is 8.07 Å². The minimum Gasteiger partial charge on any atom is 0 e. The Bertz CT molecular complexity index is 427. The van der Waals surface area contributed by atoms with Crippen LogP contribution < -0.4 is 0 Å². The van der Waals surface area contributed by atoms with Crippen LogP contribution >= 0.6 is 8.58 Å². The molecule has 1 unspecified atom stereocenters. The topological polar surface area (TPSA) is 179 Å². The van der Waals surface area contributed by atoms with E-state index in [9.17, 15) is 0 Å². The molecule has 0 bridgehead atoms. The molecule has 0 aromatic heterocycles. The molecule has 0 fully saturated rings. The monoisotopic (exact) mass is 997 g/mol. The van der Waals surface area contributed by atoms with E-state index in [1.54, 1.807) is 5.28 Å². The predicted molar refractivity (Wildman–Crippen MR) is 88.5 cm³/mol. The Hall–Kier alpha value is -0.434. The SMILES string of the molecule is C[Si](C)(C)[C-]1C=CC=CP1.[C-]#[O+].[C-]#[O+].[C-]#[O+].[C-]#[O+].[C-]#[O+].[C-]#[O+].[C-]#[O+].[C-]#[O+].[C-]#[O+].[Os+].[Os].[Os]. The summed E-state index contributed by atoms with van der Waals surface area (Å²) in [6.45, 7) is 47.7. The average Bonchev–Trinajstić information content (AvgIpc) is 2.85. The van der Waals surface area contributed by atoms with Crippen LogP contribution in [0.4, 0.5) is 0 Å². The summed E-state index contributed by atoms with van der Waals surface area (Å²) in [5.74, 6) is 2.27. The Morgan fingerprint density at radius 3 is 0.871 bits per heavy atom. The second-order valence-electron chi connectivity index (χ2n) is 3.53. The molecule has 0 spiro atoms. The first kappa shape index (κ1) is 77.5. The Morgan fingerprint density at radius 1 is 0.548 bits per heavy atom. The summed E-state index contributed by atoms with van der Waals surface area (Å²) in [7, 11) is -0.0102. The van der Waals surface area contributed by atoms with Crippen LogP contribution in [0.2, 0.25) is 19.6 Å². The van der Waals surface area contributed by atoms with E-state index < -0.39 is 8.07 Å². The van der Waals surface area contributed by atoms with Gasteiger partial charge in [0.05, 0.1) is 0 Å². The molecule has 0 aliphatic carbocycles. The van der Waals surface area contributed by atoms with Gasteiger partial charge >= 0.3 is 122 Å². The van der Waals surface area contributed by atoms with E-state index in [2.05, 4.69) is 104 Å². The van der Waals surface area contributed by atoms with Crippen LogP contribution in [0, 0.1) is 65.1 Å². The van der Waals surface area contributed by atoms with Crippen molar-refractivity contribution < 1.29 is 101 Å². The van der Waals surface area contributed by atoms with Crippen LogP contribution in [0.25, 0.3) is 0 Å². The van der Waals surface area contributed by atoms with Crippen molar-refractivity contribution in [1.29, 1.82) is 0 Å². The van der Waals surface area contributed by atoms with Crippen LogP contribution in [0.3, 0.4) is 0 Å². The summed E-state index contributed by atoms with van der Waals surface area (Å²) in [4.78, 5) is 0. The van der Waals surface area contributed by atoms with Crippen LogP contribution in [-0.2, 0) is 101 Å². The molecule has 0 aromatic rings. The maximum atomic E-state index is 7.50. The number of hydrogen-bond acceptors (Lipinski definition) is 0. The quantitative estimate of drug-likeness (QED) is 0.163. The van der Waals surface area contributed by atoms with Gasteiger partial charge in [-0.15, -0.1) is 6.08 Å². The van der Waals surface area contributed by atoms with E-state index in [4.69, 9.17) is 41.9 Å². The van der Waals surface area contributed by atoms with E-state index in [0.717, 1.165) is 8.58 Å². The molecule has 169 valence electrons. The van der Waals surface area contributed by atoms with Crippen LogP contribution in [0.5, 0.6) is 0 Å². The summed E-state index contributed by atoms with van der Waals surface area (Å²) in [5, 5.41) is 1.69. The molecule has 1 aliphatic rings. The van der Waals surface area contributed by atoms with Crippen molar-refractivity contribution in [3.05, 3.63) is 89.2 Å². The van der Waals surface area contributed by atoms with Gasteiger partial charge in [-0.3, -0.25) is 0 Å². The van der Waals surface area contributed by atoms with Gasteiger partial charge in [0.25, 0.3) is 0 Å². The zero-order valence-electron chi connectivity index (χ0n) is 16.0. The number of rotatable bonds is 1. The third kappa shape index (κ3) is 122. The first-order valence-corrected chi connectivity index (χ1v) is 9.99. The van der Waals surface area contributed by atoms with Crippen molar-refractivity contribution in [1.82, 2.24) is 0 Å². The maximum Gasteiger partial charge on any atom is 1.00 e. The minimum atomic E-state index is -0.965. The van der Waals surface area contributed by atoms with Gasteiger partial charge in [0.1, 0.15) is 0 Å². The summed E-state index contributed by atoms with van der Waals surface area (Å²) in [6, 6.07) is 0. The number of hydrogen-bond donors (Lipinski definition) is 0. The first-order valence-electron chi connectivity index (χ1n) is 5.41. The molecule has 0 saturated carbocycles. The van der Waals surface area contributed by atoms with Crippen molar-refractivity contribution in [2.45, 2.75) is 19.6 Å². The summed E-state index contributed by atoms with van der Waals surface area (Å²) >= 11 is 0.